The molecule has 30 heavy (non-hydrogen) atoms. The molecular weight excluding hydrogens is 372 g/mol. The number of hydrogen-bond acceptors (Lipinski definition) is 5. The van der Waals surface area contributed by atoms with E-state index in [1.807, 2.05) is 36.4 Å². The van der Waals surface area contributed by atoms with E-state index in [-0.39, 0.29) is 5.54 Å². The Kier molecular flexibility index (Phi) is 5.56. The monoisotopic (exact) mass is 400 g/mol. The average Bonchev–Trinajstić information content (AvgIpc) is 2.86. The molecule has 1 saturated heterocycles. The van der Waals surface area contributed by atoms with Crippen LogP contribution in [0.5, 0.6) is 0 Å². The maximum absolute atomic E-state index is 5.66. The summed E-state index contributed by atoms with van der Waals surface area (Å²) in [5.74, 6) is 2.45. The molecule has 1 aliphatic carbocycles. The molecular formula is C25H28N4O. The molecule has 3 aromatic rings. The maximum atomic E-state index is 5.66. The predicted molar refractivity (Wildman–Crippen MR) is 118 cm³/mol. The summed E-state index contributed by atoms with van der Waals surface area (Å²) in [6, 6.07) is 20.5. The smallest absolute Gasteiger partial charge is 0.163 e. The van der Waals surface area contributed by atoms with Gasteiger partial charge in [0.05, 0.1) is 18.8 Å². The van der Waals surface area contributed by atoms with Crippen LogP contribution in [0.25, 0.3) is 22.8 Å². The quantitative estimate of drug-likeness (QED) is 0.635. The van der Waals surface area contributed by atoms with E-state index in [1.54, 1.807) is 0 Å². The lowest BCUT2D eigenvalue weighted by molar-refractivity contribution is -0.0442. The summed E-state index contributed by atoms with van der Waals surface area (Å²) in [5, 5.41) is 0. The second-order valence-corrected chi connectivity index (χ2v) is 8.23. The number of morpholine rings is 1. The largest absolute Gasteiger partial charge is 0.379 e. The number of rotatable bonds is 4. The van der Waals surface area contributed by atoms with Crippen LogP contribution in [0.2, 0.25) is 0 Å². The number of ether oxygens (including phenoxy) is 1. The summed E-state index contributed by atoms with van der Waals surface area (Å²) in [6.07, 6.45) is 5.90. The third kappa shape index (κ3) is 3.75. The lowest BCUT2D eigenvalue weighted by Crippen LogP contribution is -2.53. The topological polar surface area (TPSA) is 51.1 Å². The molecule has 5 nitrogen and oxygen atoms in total. The molecule has 5 heteroatoms. The third-order valence-electron chi connectivity index (χ3n) is 6.41. The van der Waals surface area contributed by atoms with Gasteiger partial charge in [0, 0.05) is 24.2 Å². The van der Waals surface area contributed by atoms with Gasteiger partial charge in [-0.3, -0.25) is 4.90 Å². The Morgan fingerprint density at radius 1 is 0.667 bits per heavy atom. The summed E-state index contributed by atoms with van der Waals surface area (Å²) < 4.78 is 5.66. The molecule has 0 amide bonds. The Labute approximate surface area is 178 Å². The molecule has 0 spiro atoms. The van der Waals surface area contributed by atoms with Crippen LogP contribution in [0.4, 0.5) is 0 Å². The van der Waals surface area contributed by atoms with Gasteiger partial charge >= 0.3 is 0 Å². The average molecular weight is 401 g/mol. The zero-order chi connectivity index (χ0) is 20.2. The van der Waals surface area contributed by atoms with Crippen LogP contribution in [-0.2, 0) is 10.3 Å². The molecule has 0 N–H and O–H groups in total. The predicted octanol–water partition coefficient (Wildman–Crippen LogP) is 4.70. The van der Waals surface area contributed by atoms with E-state index in [4.69, 9.17) is 19.7 Å². The van der Waals surface area contributed by atoms with Crippen molar-refractivity contribution >= 4 is 0 Å². The van der Waals surface area contributed by atoms with Crippen molar-refractivity contribution in [3.8, 4) is 22.8 Å². The molecule has 1 aliphatic heterocycles. The molecule has 0 atom stereocenters. The van der Waals surface area contributed by atoms with Crippen LogP contribution < -0.4 is 0 Å². The van der Waals surface area contributed by atoms with Crippen LogP contribution in [0.3, 0.4) is 0 Å². The summed E-state index contributed by atoms with van der Waals surface area (Å²) in [4.78, 5) is 17.6. The van der Waals surface area contributed by atoms with Crippen molar-refractivity contribution in [2.45, 2.75) is 37.6 Å². The van der Waals surface area contributed by atoms with Gasteiger partial charge in [-0.05, 0) is 12.8 Å². The Hall–Kier alpha value is -2.63. The highest BCUT2D eigenvalue weighted by molar-refractivity contribution is 5.61. The molecule has 2 aromatic carbocycles. The van der Waals surface area contributed by atoms with Crippen molar-refractivity contribution in [3.63, 3.8) is 0 Å². The zero-order valence-corrected chi connectivity index (χ0v) is 17.3. The Balaban J connectivity index is 1.67. The lowest BCUT2D eigenvalue weighted by Gasteiger charge is -2.46. The number of aromatic nitrogens is 3. The Morgan fingerprint density at radius 3 is 1.73 bits per heavy atom. The van der Waals surface area contributed by atoms with Gasteiger partial charge in [0.1, 0.15) is 0 Å². The SMILES string of the molecule is c1ccc(-c2nc(-c3ccccc3)nc(C3(N4CCOCC4)CCCCC3)n2)cc1. The first-order valence-corrected chi connectivity index (χ1v) is 11.1. The molecule has 2 heterocycles. The second-order valence-electron chi connectivity index (χ2n) is 8.23. The standard InChI is InChI=1S/C25H28N4O/c1-4-10-20(11-5-1)22-26-23(21-12-6-2-7-13-21)28-24(27-22)25(14-8-3-9-15-25)29-16-18-30-19-17-29/h1-2,4-7,10-13H,3,8-9,14-19H2. The fourth-order valence-corrected chi connectivity index (χ4v) is 4.83. The lowest BCUT2D eigenvalue weighted by atomic mass is 9.79. The highest BCUT2D eigenvalue weighted by Gasteiger charge is 2.43. The van der Waals surface area contributed by atoms with Gasteiger partial charge in [-0.25, -0.2) is 15.0 Å². The fourth-order valence-electron chi connectivity index (χ4n) is 4.83. The van der Waals surface area contributed by atoms with E-state index in [1.165, 1.54) is 19.3 Å². The molecule has 0 bridgehead atoms. The molecule has 2 aliphatic rings. The van der Waals surface area contributed by atoms with Crippen LogP contribution >= 0.6 is 0 Å². The minimum atomic E-state index is -0.127. The van der Waals surface area contributed by atoms with Gasteiger partial charge in [0.25, 0.3) is 0 Å². The van der Waals surface area contributed by atoms with Gasteiger partial charge in [0.2, 0.25) is 0 Å². The highest BCUT2D eigenvalue weighted by atomic mass is 16.5. The van der Waals surface area contributed by atoms with Crippen molar-refractivity contribution in [1.29, 1.82) is 0 Å². The van der Waals surface area contributed by atoms with Crippen LogP contribution in [0, 0.1) is 0 Å². The van der Waals surface area contributed by atoms with Crippen molar-refractivity contribution < 1.29 is 4.74 Å². The van der Waals surface area contributed by atoms with Gasteiger partial charge in [-0.2, -0.15) is 0 Å². The maximum Gasteiger partial charge on any atom is 0.163 e. The summed E-state index contributed by atoms with van der Waals surface area (Å²) in [7, 11) is 0. The molecule has 1 saturated carbocycles. The molecule has 0 unspecified atom stereocenters. The van der Waals surface area contributed by atoms with E-state index >= 15 is 0 Å². The van der Waals surface area contributed by atoms with Crippen molar-refractivity contribution in [3.05, 3.63) is 66.5 Å². The Bertz CT molecular complexity index is 907. The van der Waals surface area contributed by atoms with E-state index in [9.17, 15) is 0 Å². The molecule has 5 rings (SSSR count). The van der Waals surface area contributed by atoms with E-state index in [0.717, 1.165) is 67.7 Å². The normalized spacial score (nSPS) is 19.5. The van der Waals surface area contributed by atoms with Crippen molar-refractivity contribution in [1.82, 2.24) is 19.9 Å². The van der Waals surface area contributed by atoms with Crippen molar-refractivity contribution in [2.75, 3.05) is 26.3 Å². The summed E-state index contributed by atoms with van der Waals surface area (Å²) in [5.41, 5.74) is 1.94. The first kappa shape index (κ1) is 19.3. The first-order chi connectivity index (χ1) is 14.9. The fraction of sp³-hybridized carbons (Fsp3) is 0.400. The van der Waals surface area contributed by atoms with Gasteiger partial charge in [-0.15, -0.1) is 0 Å². The number of nitrogens with zero attached hydrogens (tertiary/aromatic N) is 4. The molecule has 0 radical (unpaired) electrons. The summed E-state index contributed by atoms with van der Waals surface area (Å²) >= 11 is 0. The summed E-state index contributed by atoms with van der Waals surface area (Å²) in [6.45, 7) is 3.44. The molecule has 2 fully saturated rings. The van der Waals surface area contributed by atoms with Gasteiger partial charge in [0.15, 0.2) is 17.5 Å². The number of benzene rings is 2. The minimum absolute atomic E-state index is 0.127. The van der Waals surface area contributed by atoms with Crippen LogP contribution in [0.1, 0.15) is 37.9 Å². The minimum Gasteiger partial charge on any atom is -0.379 e. The van der Waals surface area contributed by atoms with Crippen molar-refractivity contribution in [2.24, 2.45) is 0 Å². The van der Waals surface area contributed by atoms with Crippen LogP contribution in [-0.4, -0.2) is 46.2 Å². The van der Waals surface area contributed by atoms with Gasteiger partial charge in [-0.1, -0.05) is 79.9 Å². The molecule has 1 aromatic heterocycles. The van der Waals surface area contributed by atoms with Gasteiger partial charge < -0.3 is 4.74 Å². The first-order valence-electron chi connectivity index (χ1n) is 11.1. The van der Waals surface area contributed by atoms with E-state index < -0.39 is 0 Å². The third-order valence-corrected chi connectivity index (χ3v) is 6.41. The number of hydrogen-bond donors (Lipinski definition) is 0. The second kappa shape index (κ2) is 8.62. The zero-order valence-electron chi connectivity index (χ0n) is 17.3. The molecule has 154 valence electrons. The Morgan fingerprint density at radius 2 is 1.20 bits per heavy atom. The van der Waals surface area contributed by atoms with E-state index in [0.29, 0.717) is 0 Å². The highest BCUT2D eigenvalue weighted by Crippen LogP contribution is 2.42. The van der Waals surface area contributed by atoms with E-state index in [2.05, 4.69) is 29.2 Å². The van der Waals surface area contributed by atoms with Crippen LogP contribution in [0.15, 0.2) is 60.7 Å².